The number of alkyl halides is 5. The number of carbonyl (C=O) groups excluding carboxylic acids is 1. The predicted molar refractivity (Wildman–Crippen MR) is 113 cm³/mol. The maximum Gasteiger partial charge on any atom is 0.490 e. The van der Waals surface area contributed by atoms with Gasteiger partial charge in [-0.25, -0.2) is 23.5 Å². The second-order valence-electron chi connectivity index (χ2n) is 9.17. The summed E-state index contributed by atoms with van der Waals surface area (Å²) < 4.78 is 62.5. The second-order valence-corrected chi connectivity index (χ2v) is 9.17. The van der Waals surface area contributed by atoms with E-state index in [2.05, 4.69) is 9.97 Å². The number of halogens is 5. The van der Waals surface area contributed by atoms with Crippen molar-refractivity contribution in [2.75, 3.05) is 26.2 Å². The van der Waals surface area contributed by atoms with Crippen LogP contribution >= 0.6 is 0 Å². The molecular weight excluding hydrogens is 475 g/mol. The van der Waals surface area contributed by atoms with Crippen molar-refractivity contribution < 1.29 is 36.6 Å². The van der Waals surface area contributed by atoms with E-state index >= 15 is 8.78 Å². The molecule has 1 aromatic heterocycles. The summed E-state index contributed by atoms with van der Waals surface area (Å²) in [4.78, 5) is 32.6. The van der Waals surface area contributed by atoms with Crippen molar-refractivity contribution in [1.29, 1.82) is 0 Å². The Balaban J connectivity index is 0.000000364. The number of carbonyl (C=O) groups is 2. The number of rotatable bonds is 5. The second kappa shape index (κ2) is 9.14. The third-order valence-corrected chi connectivity index (χ3v) is 6.37. The predicted octanol–water partition coefficient (Wildman–Crippen LogP) is 3.26. The molecule has 188 valence electrons. The van der Waals surface area contributed by atoms with E-state index in [1.807, 2.05) is 24.3 Å². The number of nitrogens with zero attached hydrogens (tertiary/aromatic N) is 4. The quantitative estimate of drug-likeness (QED) is 0.637. The Morgan fingerprint density at radius 3 is 2.14 bits per heavy atom. The van der Waals surface area contributed by atoms with Crippen LogP contribution in [0.25, 0.3) is 11.1 Å². The first-order chi connectivity index (χ1) is 16.4. The number of carboxylic acid groups (broad SMARTS) is 1. The minimum absolute atomic E-state index is 0.0509. The highest BCUT2D eigenvalue weighted by atomic mass is 19.4. The largest absolute Gasteiger partial charge is 0.490 e. The zero-order chi connectivity index (χ0) is 25.4. The lowest BCUT2D eigenvalue weighted by molar-refractivity contribution is -0.192. The number of carboxylic acids is 1. The van der Waals surface area contributed by atoms with Crippen molar-refractivity contribution in [3.05, 3.63) is 48.5 Å². The lowest BCUT2D eigenvalue weighted by Crippen LogP contribution is -2.47. The summed E-state index contributed by atoms with van der Waals surface area (Å²) in [5, 5.41) is 7.12. The van der Waals surface area contributed by atoms with Crippen LogP contribution < -0.4 is 0 Å². The van der Waals surface area contributed by atoms with Crippen LogP contribution in [0.5, 0.6) is 0 Å². The summed E-state index contributed by atoms with van der Waals surface area (Å²) in [6, 6.07) is 7.77. The van der Waals surface area contributed by atoms with Crippen molar-refractivity contribution in [1.82, 2.24) is 19.8 Å². The lowest BCUT2D eigenvalue weighted by atomic mass is 9.93. The molecule has 7 nitrogen and oxygen atoms in total. The van der Waals surface area contributed by atoms with Gasteiger partial charge in [0, 0.05) is 44.1 Å². The molecule has 2 aromatic rings. The van der Waals surface area contributed by atoms with Gasteiger partial charge in [-0.1, -0.05) is 24.3 Å². The number of aliphatic carboxylic acids is 1. The summed E-state index contributed by atoms with van der Waals surface area (Å²) in [5.74, 6) is -2.99. The molecule has 0 unspecified atom stereocenters. The average molecular weight is 498 g/mol. The molecule has 0 spiro atoms. The van der Waals surface area contributed by atoms with E-state index in [1.165, 1.54) is 11.2 Å². The van der Waals surface area contributed by atoms with Crippen molar-refractivity contribution in [2.45, 2.75) is 36.9 Å². The number of hydrogen-bond acceptors (Lipinski definition) is 5. The Hall–Kier alpha value is -3.15. The Morgan fingerprint density at radius 2 is 1.63 bits per heavy atom. The van der Waals surface area contributed by atoms with E-state index in [0.29, 0.717) is 19.0 Å². The minimum Gasteiger partial charge on any atom is -0.475 e. The molecule has 1 amide bonds. The van der Waals surface area contributed by atoms with E-state index in [4.69, 9.17) is 9.90 Å². The van der Waals surface area contributed by atoms with Crippen LogP contribution in [0, 0.1) is 5.92 Å². The molecule has 1 saturated carbocycles. The van der Waals surface area contributed by atoms with Gasteiger partial charge in [0.25, 0.3) is 5.91 Å². The molecule has 3 fully saturated rings. The topological polar surface area (TPSA) is 86.6 Å². The van der Waals surface area contributed by atoms with E-state index in [1.54, 1.807) is 17.3 Å². The highest BCUT2D eigenvalue weighted by Gasteiger charge is 2.71. The van der Waals surface area contributed by atoms with Crippen molar-refractivity contribution in [3.63, 3.8) is 0 Å². The fourth-order valence-corrected chi connectivity index (χ4v) is 4.43. The first-order valence-corrected chi connectivity index (χ1v) is 11.0. The summed E-state index contributed by atoms with van der Waals surface area (Å²) in [6.07, 6.45) is 1.98. The smallest absolute Gasteiger partial charge is 0.475 e. The first-order valence-electron chi connectivity index (χ1n) is 11.0. The molecular formula is C23H23F5N4O3. The summed E-state index contributed by atoms with van der Waals surface area (Å²) in [7, 11) is 0. The first kappa shape index (κ1) is 25.0. The molecule has 12 heteroatoms. The van der Waals surface area contributed by atoms with E-state index in [-0.39, 0.29) is 19.6 Å². The Labute approximate surface area is 197 Å². The average Bonchev–Trinajstić information content (AvgIpc) is 3.55. The minimum atomic E-state index is -5.08. The highest BCUT2D eigenvalue weighted by molar-refractivity contribution is 5.90. The molecule has 1 aromatic carbocycles. The number of amides is 1. The maximum atomic E-state index is 15.4. The van der Waals surface area contributed by atoms with Crippen LogP contribution in [0.2, 0.25) is 0 Å². The van der Waals surface area contributed by atoms with Gasteiger partial charge in [-0.05, 0) is 29.9 Å². The van der Waals surface area contributed by atoms with E-state index < -0.39 is 29.4 Å². The number of hydrogen-bond donors (Lipinski definition) is 1. The molecule has 2 aliphatic heterocycles. The normalized spacial score (nSPS) is 26.3. The van der Waals surface area contributed by atoms with Gasteiger partial charge in [0.05, 0.1) is 6.54 Å². The van der Waals surface area contributed by atoms with Crippen LogP contribution in [0.15, 0.2) is 43.0 Å². The highest BCUT2D eigenvalue weighted by Crippen LogP contribution is 2.47. The molecule has 2 atom stereocenters. The van der Waals surface area contributed by atoms with Crippen molar-refractivity contribution in [2.24, 2.45) is 5.92 Å². The van der Waals surface area contributed by atoms with Gasteiger partial charge in [0.15, 0.2) is 5.67 Å². The fraction of sp³-hybridized carbons (Fsp3) is 0.478. The summed E-state index contributed by atoms with van der Waals surface area (Å²) in [5.41, 5.74) is -1.67. The maximum absolute atomic E-state index is 15.4. The molecule has 35 heavy (non-hydrogen) atoms. The summed E-state index contributed by atoms with van der Waals surface area (Å²) >= 11 is 0. The number of aromatic nitrogens is 2. The zero-order valence-electron chi connectivity index (χ0n) is 18.5. The molecule has 1 aliphatic carbocycles. The van der Waals surface area contributed by atoms with E-state index in [0.717, 1.165) is 29.5 Å². The van der Waals surface area contributed by atoms with Gasteiger partial charge in [0.2, 0.25) is 5.67 Å². The van der Waals surface area contributed by atoms with Gasteiger partial charge in [-0.15, -0.1) is 0 Å². The molecule has 3 heterocycles. The number of benzene rings is 1. The van der Waals surface area contributed by atoms with Crippen LogP contribution in [0.1, 0.15) is 18.4 Å². The molecule has 0 bridgehead atoms. The Morgan fingerprint density at radius 1 is 1.03 bits per heavy atom. The molecule has 3 aliphatic rings. The fourth-order valence-electron chi connectivity index (χ4n) is 4.43. The Kier molecular flexibility index (Phi) is 6.52. The van der Waals surface area contributed by atoms with Crippen LogP contribution in [-0.2, 0) is 16.1 Å². The number of likely N-dealkylation sites (tertiary alicyclic amines) is 2. The summed E-state index contributed by atoms with van der Waals surface area (Å²) in [6.45, 7) is 0.560. The van der Waals surface area contributed by atoms with Crippen LogP contribution in [0.4, 0.5) is 22.0 Å². The lowest BCUT2D eigenvalue weighted by Gasteiger charge is -2.22. The van der Waals surface area contributed by atoms with Gasteiger partial charge in [-0.2, -0.15) is 13.2 Å². The van der Waals surface area contributed by atoms with E-state index in [9.17, 15) is 18.0 Å². The third-order valence-electron chi connectivity index (χ3n) is 6.37. The zero-order valence-corrected chi connectivity index (χ0v) is 18.5. The number of fused-ring (bicyclic) bond motifs is 1. The molecule has 5 rings (SSSR count). The third kappa shape index (κ3) is 5.26. The standard InChI is InChI=1S/C21H22F2N4O.C2HF3O2/c22-20-11-26(13-21(20,23)19(28)27(12-20)10-16-1-2-16)9-15-3-5-17(6-4-15)18-7-24-14-25-8-18;3-2(4,5)1(6)7/h3-8,14,16H,1-2,9-13H2;(H,6,7)/t20-,21+;/m0./s1. The van der Waals surface area contributed by atoms with Gasteiger partial charge in [-0.3, -0.25) is 9.69 Å². The monoisotopic (exact) mass is 498 g/mol. The van der Waals surface area contributed by atoms with Crippen molar-refractivity contribution >= 4 is 11.9 Å². The van der Waals surface area contributed by atoms with Gasteiger partial charge >= 0.3 is 12.1 Å². The SMILES string of the molecule is O=C(O)C(F)(F)F.O=C1N(CC2CC2)C[C@@]2(F)CN(Cc3ccc(-c4cncnc4)cc3)C[C@@]12F. The van der Waals surface area contributed by atoms with Gasteiger partial charge < -0.3 is 10.0 Å². The molecule has 2 saturated heterocycles. The molecule has 0 radical (unpaired) electrons. The van der Waals surface area contributed by atoms with Crippen molar-refractivity contribution in [3.8, 4) is 11.1 Å². The van der Waals surface area contributed by atoms with Crippen LogP contribution in [-0.4, -0.2) is 80.4 Å². The van der Waals surface area contributed by atoms with Crippen LogP contribution in [0.3, 0.4) is 0 Å². The molecule has 1 N–H and O–H groups in total. The van der Waals surface area contributed by atoms with Gasteiger partial charge in [0.1, 0.15) is 6.33 Å². The Bertz CT molecular complexity index is 1080.